The summed E-state index contributed by atoms with van der Waals surface area (Å²) in [5.74, 6) is -1.15. The molecule has 0 bridgehead atoms. The number of nitrogens with one attached hydrogen (secondary N) is 1. The van der Waals surface area contributed by atoms with Crippen molar-refractivity contribution < 1.29 is 19.7 Å². The Kier molecular flexibility index (Phi) is 4.74. The topological polar surface area (TPSA) is 105 Å². The van der Waals surface area contributed by atoms with Gasteiger partial charge in [-0.3, -0.25) is 4.79 Å². The maximum absolute atomic E-state index is 11.8. The molecule has 0 heterocycles. The van der Waals surface area contributed by atoms with Crippen LogP contribution in [0.15, 0.2) is 18.2 Å². The summed E-state index contributed by atoms with van der Waals surface area (Å²) in [6.07, 6.45) is 0. The Labute approximate surface area is 99.0 Å². The van der Waals surface area contributed by atoms with Crippen molar-refractivity contribution in [1.82, 2.24) is 5.32 Å². The van der Waals surface area contributed by atoms with E-state index in [1.54, 1.807) is 0 Å². The standard InChI is InChI=1S/C11H16N2O4/c1-17-6-7(5-12)13-11(16)10-8(14)3-2-4-9(10)15/h2-4,7,14-15H,5-6,12H2,1H3,(H,13,16). The number of phenolic OH excluding ortho intramolecular Hbond substituents is 2. The molecule has 0 aliphatic heterocycles. The number of carbonyl (C=O) groups excluding carboxylic acids is 1. The first-order valence-corrected chi connectivity index (χ1v) is 5.11. The number of carbonyl (C=O) groups is 1. The van der Waals surface area contributed by atoms with Crippen molar-refractivity contribution in [3.63, 3.8) is 0 Å². The van der Waals surface area contributed by atoms with Gasteiger partial charge >= 0.3 is 0 Å². The Bertz CT molecular complexity index is 375. The van der Waals surface area contributed by atoms with Crippen LogP contribution in [0.25, 0.3) is 0 Å². The molecule has 1 atom stereocenters. The Hall–Kier alpha value is -1.79. The third-order valence-corrected chi connectivity index (χ3v) is 2.24. The molecule has 1 amide bonds. The number of amides is 1. The summed E-state index contributed by atoms with van der Waals surface area (Å²) in [5.41, 5.74) is 5.28. The molecule has 0 aromatic heterocycles. The van der Waals surface area contributed by atoms with E-state index >= 15 is 0 Å². The zero-order valence-corrected chi connectivity index (χ0v) is 9.51. The highest BCUT2D eigenvalue weighted by Gasteiger charge is 2.18. The van der Waals surface area contributed by atoms with Gasteiger partial charge in [0.15, 0.2) is 0 Å². The van der Waals surface area contributed by atoms with E-state index < -0.39 is 5.91 Å². The summed E-state index contributed by atoms with van der Waals surface area (Å²) in [4.78, 5) is 11.8. The molecular weight excluding hydrogens is 224 g/mol. The van der Waals surface area contributed by atoms with Crippen molar-refractivity contribution in [2.24, 2.45) is 5.73 Å². The second-order valence-electron chi connectivity index (χ2n) is 3.53. The minimum Gasteiger partial charge on any atom is -0.507 e. The number of methoxy groups -OCH3 is 1. The van der Waals surface area contributed by atoms with E-state index in [-0.39, 0.29) is 36.3 Å². The van der Waals surface area contributed by atoms with Crippen LogP contribution in [-0.4, -0.2) is 42.4 Å². The monoisotopic (exact) mass is 240 g/mol. The molecule has 0 saturated heterocycles. The molecule has 17 heavy (non-hydrogen) atoms. The second kappa shape index (κ2) is 6.07. The number of aromatic hydroxyl groups is 2. The molecule has 0 aliphatic carbocycles. The molecule has 5 N–H and O–H groups in total. The Morgan fingerprint density at radius 1 is 1.47 bits per heavy atom. The fourth-order valence-corrected chi connectivity index (χ4v) is 1.39. The molecule has 0 radical (unpaired) electrons. The van der Waals surface area contributed by atoms with Gasteiger partial charge in [-0.1, -0.05) is 6.07 Å². The van der Waals surface area contributed by atoms with E-state index in [0.29, 0.717) is 0 Å². The van der Waals surface area contributed by atoms with Crippen LogP contribution >= 0.6 is 0 Å². The summed E-state index contributed by atoms with van der Waals surface area (Å²) >= 11 is 0. The van der Waals surface area contributed by atoms with E-state index in [1.807, 2.05) is 0 Å². The van der Waals surface area contributed by atoms with Gasteiger partial charge in [-0.2, -0.15) is 0 Å². The zero-order valence-electron chi connectivity index (χ0n) is 9.51. The van der Waals surface area contributed by atoms with Gasteiger partial charge in [-0.25, -0.2) is 0 Å². The van der Waals surface area contributed by atoms with Crippen LogP contribution in [0.3, 0.4) is 0 Å². The van der Waals surface area contributed by atoms with E-state index in [9.17, 15) is 15.0 Å². The number of hydrogen-bond acceptors (Lipinski definition) is 5. The predicted octanol–water partition coefficient (Wildman–Crippen LogP) is -0.199. The van der Waals surface area contributed by atoms with Gasteiger partial charge in [0.05, 0.1) is 12.6 Å². The number of benzene rings is 1. The summed E-state index contributed by atoms with van der Waals surface area (Å²) < 4.78 is 4.87. The summed E-state index contributed by atoms with van der Waals surface area (Å²) in [7, 11) is 1.49. The first kappa shape index (κ1) is 13.3. The number of rotatable bonds is 5. The quantitative estimate of drug-likeness (QED) is 0.570. The van der Waals surface area contributed by atoms with Crippen LogP contribution in [0.1, 0.15) is 10.4 Å². The van der Waals surface area contributed by atoms with Crippen molar-refractivity contribution in [1.29, 1.82) is 0 Å². The molecule has 1 rings (SSSR count). The molecule has 94 valence electrons. The smallest absolute Gasteiger partial charge is 0.259 e. The van der Waals surface area contributed by atoms with Gasteiger partial charge < -0.3 is 26.0 Å². The lowest BCUT2D eigenvalue weighted by molar-refractivity contribution is 0.0895. The lowest BCUT2D eigenvalue weighted by Gasteiger charge is -2.16. The van der Waals surface area contributed by atoms with Crippen LogP contribution < -0.4 is 11.1 Å². The van der Waals surface area contributed by atoms with E-state index in [1.165, 1.54) is 25.3 Å². The van der Waals surface area contributed by atoms with Crippen LogP contribution in [0, 0.1) is 0 Å². The average molecular weight is 240 g/mol. The van der Waals surface area contributed by atoms with Gasteiger partial charge in [0.1, 0.15) is 17.1 Å². The van der Waals surface area contributed by atoms with Crippen molar-refractivity contribution in [3.8, 4) is 11.5 Å². The number of phenols is 2. The number of hydrogen-bond donors (Lipinski definition) is 4. The summed E-state index contributed by atoms with van der Waals surface area (Å²) in [6, 6.07) is 3.72. The van der Waals surface area contributed by atoms with Crippen molar-refractivity contribution in [3.05, 3.63) is 23.8 Å². The Morgan fingerprint density at radius 2 is 2.06 bits per heavy atom. The molecule has 6 heteroatoms. The molecule has 0 aliphatic rings. The van der Waals surface area contributed by atoms with Crippen LogP contribution in [0.5, 0.6) is 11.5 Å². The SMILES string of the molecule is COCC(CN)NC(=O)c1c(O)cccc1O. The largest absolute Gasteiger partial charge is 0.507 e. The fraction of sp³-hybridized carbons (Fsp3) is 0.364. The minimum atomic E-state index is -0.590. The summed E-state index contributed by atoms with van der Waals surface area (Å²) in [6.45, 7) is 0.463. The Balaban J connectivity index is 2.82. The maximum atomic E-state index is 11.8. The molecular formula is C11H16N2O4. The highest BCUT2D eigenvalue weighted by atomic mass is 16.5. The van der Waals surface area contributed by atoms with Crippen LogP contribution in [-0.2, 0) is 4.74 Å². The summed E-state index contributed by atoms with van der Waals surface area (Å²) in [5, 5.41) is 21.5. The van der Waals surface area contributed by atoms with Gasteiger partial charge in [0.25, 0.3) is 5.91 Å². The maximum Gasteiger partial charge on any atom is 0.259 e. The minimum absolute atomic E-state index is 0.165. The van der Waals surface area contributed by atoms with Crippen molar-refractivity contribution >= 4 is 5.91 Å². The molecule has 1 unspecified atom stereocenters. The molecule has 1 aromatic rings. The predicted molar refractivity (Wildman–Crippen MR) is 62.0 cm³/mol. The third kappa shape index (κ3) is 3.33. The molecule has 6 nitrogen and oxygen atoms in total. The Morgan fingerprint density at radius 3 is 2.53 bits per heavy atom. The fourth-order valence-electron chi connectivity index (χ4n) is 1.39. The highest BCUT2D eigenvalue weighted by Crippen LogP contribution is 2.25. The molecule has 0 saturated carbocycles. The van der Waals surface area contributed by atoms with Gasteiger partial charge in [0, 0.05) is 13.7 Å². The second-order valence-corrected chi connectivity index (χ2v) is 3.53. The average Bonchev–Trinajstić information content (AvgIpc) is 2.28. The lowest BCUT2D eigenvalue weighted by atomic mass is 10.1. The number of nitrogens with two attached hydrogens (primary N) is 1. The van der Waals surface area contributed by atoms with Crippen LogP contribution in [0.2, 0.25) is 0 Å². The van der Waals surface area contributed by atoms with E-state index in [4.69, 9.17) is 10.5 Å². The zero-order chi connectivity index (χ0) is 12.8. The normalized spacial score (nSPS) is 12.1. The van der Waals surface area contributed by atoms with E-state index in [2.05, 4.69) is 5.32 Å². The van der Waals surface area contributed by atoms with Gasteiger partial charge in [-0.05, 0) is 12.1 Å². The number of ether oxygens (including phenoxy) is 1. The van der Waals surface area contributed by atoms with Crippen molar-refractivity contribution in [2.75, 3.05) is 20.3 Å². The third-order valence-electron chi connectivity index (χ3n) is 2.24. The molecule has 0 fully saturated rings. The molecule has 0 spiro atoms. The molecule has 1 aromatic carbocycles. The first-order chi connectivity index (χ1) is 8.10. The highest BCUT2D eigenvalue weighted by molar-refractivity contribution is 5.99. The van der Waals surface area contributed by atoms with E-state index in [0.717, 1.165) is 0 Å². The lowest BCUT2D eigenvalue weighted by Crippen LogP contribution is -2.43. The first-order valence-electron chi connectivity index (χ1n) is 5.11. The van der Waals surface area contributed by atoms with Crippen molar-refractivity contribution in [2.45, 2.75) is 6.04 Å². The van der Waals surface area contributed by atoms with Crippen LogP contribution in [0.4, 0.5) is 0 Å². The van der Waals surface area contributed by atoms with Gasteiger partial charge in [0.2, 0.25) is 0 Å². The van der Waals surface area contributed by atoms with Gasteiger partial charge in [-0.15, -0.1) is 0 Å².